The number of hydrogen-bond donors (Lipinski definition) is 0. The molecule has 1 amide bonds. The molecule has 3 aromatic rings. The van der Waals surface area contributed by atoms with E-state index in [4.69, 9.17) is 0 Å². The lowest BCUT2D eigenvalue weighted by Gasteiger charge is -2.30. The molecule has 0 saturated carbocycles. The van der Waals surface area contributed by atoms with Crippen LogP contribution in [0.4, 0.5) is 0 Å². The van der Waals surface area contributed by atoms with Gasteiger partial charge in [0.15, 0.2) is 0 Å². The zero-order valence-electron chi connectivity index (χ0n) is 13.6. The second kappa shape index (κ2) is 6.69. The molecular formula is C18H19N3OS2. The average molecular weight is 358 g/mol. The lowest BCUT2D eigenvalue weighted by atomic mass is 9.99. The first-order valence-corrected chi connectivity index (χ1v) is 10.1. The Morgan fingerprint density at radius 3 is 2.92 bits per heavy atom. The molecule has 124 valence electrons. The van der Waals surface area contributed by atoms with Gasteiger partial charge >= 0.3 is 0 Å². The molecule has 1 saturated heterocycles. The number of rotatable bonds is 3. The molecule has 0 atom stereocenters. The maximum atomic E-state index is 12.5. The van der Waals surface area contributed by atoms with Crippen LogP contribution in [0, 0.1) is 5.92 Å². The Morgan fingerprint density at radius 2 is 2.08 bits per heavy atom. The van der Waals surface area contributed by atoms with Crippen molar-refractivity contribution in [1.82, 2.24) is 14.9 Å². The van der Waals surface area contributed by atoms with Gasteiger partial charge < -0.3 is 4.90 Å². The maximum absolute atomic E-state index is 12.5. The van der Waals surface area contributed by atoms with Crippen LogP contribution in [-0.4, -0.2) is 39.6 Å². The summed E-state index contributed by atoms with van der Waals surface area (Å²) in [6, 6.07) is 8.27. The van der Waals surface area contributed by atoms with Crippen molar-refractivity contribution < 1.29 is 4.79 Å². The quantitative estimate of drug-likeness (QED) is 0.521. The van der Waals surface area contributed by atoms with Crippen LogP contribution in [-0.2, 0) is 4.79 Å². The fourth-order valence-corrected chi connectivity index (χ4v) is 5.22. The van der Waals surface area contributed by atoms with Gasteiger partial charge in [0.1, 0.15) is 11.4 Å². The lowest BCUT2D eigenvalue weighted by Crippen LogP contribution is -2.38. The molecule has 4 rings (SSSR count). The number of thioether (sulfide) groups is 1. The molecule has 0 N–H and O–H groups in total. The topological polar surface area (TPSA) is 46.1 Å². The smallest absolute Gasteiger partial charge is 0.232 e. The molecule has 24 heavy (non-hydrogen) atoms. The molecule has 0 spiro atoms. The van der Waals surface area contributed by atoms with Gasteiger partial charge in [0.2, 0.25) is 5.91 Å². The minimum Gasteiger partial charge on any atom is -0.342 e. The molecule has 4 nitrogen and oxygen atoms in total. The molecule has 2 aromatic heterocycles. The van der Waals surface area contributed by atoms with Crippen LogP contribution in [0.15, 0.2) is 35.6 Å². The molecule has 6 heteroatoms. The van der Waals surface area contributed by atoms with Gasteiger partial charge in [-0.05, 0) is 24.8 Å². The van der Waals surface area contributed by atoms with Gasteiger partial charge in [0.25, 0.3) is 0 Å². The molecule has 1 fully saturated rings. The highest BCUT2D eigenvalue weighted by Crippen LogP contribution is 2.37. The number of nitrogens with zero attached hydrogens (tertiary/aromatic N) is 3. The van der Waals surface area contributed by atoms with Crippen LogP contribution in [0.25, 0.3) is 20.3 Å². The van der Waals surface area contributed by atoms with Gasteiger partial charge in [-0.15, -0.1) is 11.3 Å². The molecule has 0 unspecified atom stereocenters. The van der Waals surface area contributed by atoms with E-state index in [1.54, 1.807) is 17.7 Å². The monoisotopic (exact) mass is 357 g/mol. The Labute approximate surface area is 149 Å². The van der Waals surface area contributed by atoms with Crippen molar-refractivity contribution >= 4 is 49.3 Å². The number of thiophene rings is 1. The average Bonchev–Trinajstić information content (AvgIpc) is 2.99. The van der Waals surface area contributed by atoms with E-state index >= 15 is 0 Å². The van der Waals surface area contributed by atoms with Crippen molar-refractivity contribution in [2.75, 3.05) is 18.8 Å². The third-order valence-electron chi connectivity index (χ3n) is 4.59. The highest BCUT2D eigenvalue weighted by Gasteiger charge is 2.21. The predicted molar refractivity (Wildman–Crippen MR) is 101 cm³/mol. The molecule has 0 radical (unpaired) electrons. The predicted octanol–water partition coefficient (Wildman–Crippen LogP) is 4.20. The first-order valence-electron chi connectivity index (χ1n) is 8.25. The summed E-state index contributed by atoms with van der Waals surface area (Å²) in [6.45, 7) is 4.04. The fourth-order valence-electron chi connectivity index (χ4n) is 3.08. The summed E-state index contributed by atoms with van der Waals surface area (Å²) in [5, 5.41) is 2.08. The second-order valence-corrected chi connectivity index (χ2v) is 8.32. The summed E-state index contributed by atoms with van der Waals surface area (Å²) in [5.41, 5.74) is 0.993. The second-order valence-electron chi connectivity index (χ2n) is 6.31. The van der Waals surface area contributed by atoms with E-state index in [9.17, 15) is 4.79 Å². The molecule has 1 aliphatic rings. The number of fused-ring (bicyclic) bond motifs is 3. The molecule has 1 aliphatic heterocycles. The summed E-state index contributed by atoms with van der Waals surface area (Å²) in [5.74, 6) is 1.41. The Kier molecular flexibility index (Phi) is 4.41. The maximum Gasteiger partial charge on any atom is 0.232 e. The van der Waals surface area contributed by atoms with Crippen LogP contribution < -0.4 is 0 Å². The lowest BCUT2D eigenvalue weighted by molar-refractivity contribution is -0.129. The Hall–Kier alpha value is -1.66. The highest BCUT2D eigenvalue weighted by molar-refractivity contribution is 8.00. The third-order valence-corrected chi connectivity index (χ3v) is 6.86. The van der Waals surface area contributed by atoms with Gasteiger partial charge in [-0.3, -0.25) is 4.79 Å². The van der Waals surface area contributed by atoms with E-state index in [2.05, 4.69) is 29.0 Å². The standard InChI is InChI=1S/C18H19N3OS2/c1-12-6-8-21(9-7-12)15(22)10-23-18-17-16(19-11-20-18)13-4-2-3-5-14(13)24-17/h2-5,11-12H,6-10H2,1H3. The fraction of sp³-hybridized carbons (Fsp3) is 0.389. The Balaban J connectivity index is 1.53. The van der Waals surface area contributed by atoms with Crippen LogP contribution >= 0.6 is 23.1 Å². The number of aromatic nitrogens is 2. The van der Waals surface area contributed by atoms with E-state index < -0.39 is 0 Å². The molecular weight excluding hydrogens is 338 g/mol. The zero-order valence-corrected chi connectivity index (χ0v) is 15.2. The number of hydrogen-bond acceptors (Lipinski definition) is 5. The first kappa shape index (κ1) is 15.8. The number of carbonyl (C=O) groups is 1. The minimum atomic E-state index is 0.222. The van der Waals surface area contributed by atoms with E-state index in [0.29, 0.717) is 5.75 Å². The van der Waals surface area contributed by atoms with Crippen molar-refractivity contribution in [3.8, 4) is 0 Å². The van der Waals surface area contributed by atoms with E-state index in [1.807, 2.05) is 17.0 Å². The van der Waals surface area contributed by atoms with Crippen LogP contribution in [0.2, 0.25) is 0 Å². The number of benzene rings is 1. The normalized spacial score (nSPS) is 16.1. The van der Waals surface area contributed by atoms with Crippen molar-refractivity contribution in [3.63, 3.8) is 0 Å². The van der Waals surface area contributed by atoms with Crippen molar-refractivity contribution in [2.45, 2.75) is 24.8 Å². The van der Waals surface area contributed by atoms with Crippen molar-refractivity contribution in [2.24, 2.45) is 5.92 Å². The van der Waals surface area contributed by atoms with Gasteiger partial charge in [0, 0.05) is 23.2 Å². The zero-order chi connectivity index (χ0) is 16.5. The van der Waals surface area contributed by atoms with Gasteiger partial charge in [0.05, 0.1) is 16.0 Å². The number of piperidine rings is 1. The van der Waals surface area contributed by atoms with Crippen molar-refractivity contribution in [1.29, 1.82) is 0 Å². The number of amides is 1. The van der Waals surface area contributed by atoms with Crippen molar-refractivity contribution in [3.05, 3.63) is 30.6 Å². The largest absolute Gasteiger partial charge is 0.342 e. The van der Waals surface area contributed by atoms with Gasteiger partial charge in [-0.25, -0.2) is 9.97 Å². The summed E-state index contributed by atoms with van der Waals surface area (Å²) in [4.78, 5) is 23.3. The van der Waals surface area contributed by atoms with E-state index in [-0.39, 0.29) is 5.91 Å². The van der Waals surface area contributed by atoms with E-state index in [0.717, 1.165) is 52.5 Å². The summed E-state index contributed by atoms with van der Waals surface area (Å²) in [6.07, 6.45) is 3.84. The Bertz CT molecular complexity index is 884. The SMILES string of the molecule is CC1CCN(C(=O)CSc2ncnc3c2sc2ccccc23)CC1. The minimum absolute atomic E-state index is 0.222. The Morgan fingerprint density at radius 1 is 1.29 bits per heavy atom. The summed E-state index contributed by atoms with van der Waals surface area (Å²) in [7, 11) is 0. The van der Waals surface area contributed by atoms with Gasteiger partial charge in [-0.2, -0.15) is 0 Å². The number of carbonyl (C=O) groups excluding carboxylic acids is 1. The number of likely N-dealkylation sites (tertiary alicyclic amines) is 1. The molecule has 0 aliphatic carbocycles. The van der Waals surface area contributed by atoms with Crippen LogP contribution in [0.3, 0.4) is 0 Å². The molecule has 3 heterocycles. The van der Waals surface area contributed by atoms with Crippen LogP contribution in [0.5, 0.6) is 0 Å². The third kappa shape index (κ3) is 3.00. The molecule has 0 bridgehead atoms. The van der Waals surface area contributed by atoms with E-state index in [1.165, 1.54) is 16.5 Å². The van der Waals surface area contributed by atoms with Gasteiger partial charge in [-0.1, -0.05) is 36.9 Å². The summed E-state index contributed by atoms with van der Waals surface area (Å²) >= 11 is 3.24. The first-order chi connectivity index (χ1) is 11.7. The molecule has 1 aromatic carbocycles. The highest BCUT2D eigenvalue weighted by atomic mass is 32.2. The summed E-state index contributed by atoms with van der Waals surface area (Å²) < 4.78 is 2.30. The van der Waals surface area contributed by atoms with Crippen LogP contribution in [0.1, 0.15) is 19.8 Å².